The number of fused-ring (bicyclic) bond motifs is 1. The maximum Gasteiger partial charge on any atom is 0.435 e. The molecule has 1 aliphatic heterocycles. The number of halogens is 3. The summed E-state index contributed by atoms with van der Waals surface area (Å²) in [6, 6.07) is 7.83. The molecule has 0 unspecified atom stereocenters. The van der Waals surface area contributed by atoms with Gasteiger partial charge in [-0.15, -0.1) is 0 Å². The van der Waals surface area contributed by atoms with Gasteiger partial charge >= 0.3 is 12.1 Å². The number of hydrogen-bond acceptors (Lipinski definition) is 7. The number of amides is 2. The molecular formula is C17H9F3N4O5. The first kappa shape index (κ1) is 18.4. The molecule has 12 heteroatoms. The molecule has 0 N–H and O–H groups in total. The molecule has 4 rings (SSSR count). The second kappa shape index (κ2) is 6.58. The van der Waals surface area contributed by atoms with E-state index in [4.69, 9.17) is 9.36 Å². The topological polar surface area (TPSA) is 108 Å². The van der Waals surface area contributed by atoms with Crippen LogP contribution in [-0.4, -0.2) is 37.8 Å². The molecule has 0 atom stereocenters. The third kappa shape index (κ3) is 3.35. The van der Waals surface area contributed by atoms with Crippen molar-refractivity contribution in [1.82, 2.24) is 20.0 Å². The first-order valence-electron chi connectivity index (χ1n) is 8.00. The van der Waals surface area contributed by atoms with E-state index in [-0.39, 0.29) is 29.1 Å². The Morgan fingerprint density at radius 3 is 2.34 bits per heavy atom. The fraction of sp³-hybridized carbons (Fsp3) is 0.118. The molecule has 29 heavy (non-hydrogen) atoms. The molecule has 0 saturated heterocycles. The van der Waals surface area contributed by atoms with Crippen molar-refractivity contribution in [2.45, 2.75) is 12.7 Å². The van der Waals surface area contributed by atoms with Gasteiger partial charge in [-0.1, -0.05) is 22.4 Å². The Morgan fingerprint density at radius 2 is 1.76 bits per heavy atom. The maximum absolute atomic E-state index is 12.6. The molecule has 3 heterocycles. The van der Waals surface area contributed by atoms with E-state index >= 15 is 0 Å². The van der Waals surface area contributed by atoms with E-state index in [0.717, 1.165) is 23.0 Å². The summed E-state index contributed by atoms with van der Waals surface area (Å²) >= 11 is 0. The van der Waals surface area contributed by atoms with Crippen LogP contribution in [0.1, 0.15) is 42.7 Å². The zero-order valence-corrected chi connectivity index (χ0v) is 14.2. The molecule has 3 aromatic rings. The van der Waals surface area contributed by atoms with Crippen LogP contribution in [-0.2, 0) is 17.6 Å². The van der Waals surface area contributed by atoms with Gasteiger partial charge in [0, 0.05) is 12.3 Å². The smallest absolute Gasteiger partial charge is 0.359 e. The molecule has 1 aliphatic rings. The first-order valence-corrected chi connectivity index (χ1v) is 8.00. The summed E-state index contributed by atoms with van der Waals surface area (Å²) in [5.74, 6) is -2.75. The fourth-order valence-corrected chi connectivity index (χ4v) is 2.62. The van der Waals surface area contributed by atoms with Gasteiger partial charge in [-0.05, 0) is 18.2 Å². The van der Waals surface area contributed by atoms with Gasteiger partial charge in [-0.3, -0.25) is 14.3 Å². The molecule has 0 fully saturated rings. The van der Waals surface area contributed by atoms with E-state index < -0.39 is 29.7 Å². The van der Waals surface area contributed by atoms with Gasteiger partial charge in [0.1, 0.15) is 6.54 Å². The van der Waals surface area contributed by atoms with Crippen LogP contribution >= 0.6 is 0 Å². The van der Waals surface area contributed by atoms with Crippen molar-refractivity contribution in [2.75, 3.05) is 0 Å². The van der Waals surface area contributed by atoms with Crippen LogP contribution in [0.4, 0.5) is 13.2 Å². The number of carbonyl (C=O) groups is 3. The highest BCUT2D eigenvalue weighted by molar-refractivity contribution is 6.21. The van der Waals surface area contributed by atoms with Gasteiger partial charge in [0.2, 0.25) is 0 Å². The molecule has 0 aliphatic carbocycles. The van der Waals surface area contributed by atoms with E-state index in [1.54, 1.807) is 12.1 Å². The van der Waals surface area contributed by atoms with Crippen LogP contribution in [0.15, 0.2) is 47.1 Å². The van der Waals surface area contributed by atoms with E-state index in [9.17, 15) is 27.6 Å². The third-order valence-corrected chi connectivity index (χ3v) is 3.95. The number of carbonyl (C=O) groups excluding carboxylic acids is 3. The number of benzene rings is 1. The lowest BCUT2D eigenvalue weighted by molar-refractivity contribution is -0.141. The number of aromatic nitrogens is 3. The van der Waals surface area contributed by atoms with E-state index in [1.807, 2.05) is 0 Å². The summed E-state index contributed by atoms with van der Waals surface area (Å²) < 4.78 is 43.5. The Labute approximate surface area is 159 Å². The SMILES string of the molecule is O=C(ON1C(=O)c2ccccc2C1=O)c1cc(Cn2ccc(C(F)(F)F)n2)on1. The van der Waals surface area contributed by atoms with Gasteiger partial charge < -0.3 is 9.36 Å². The molecule has 2 aromatic heterocycles. The van der Waals surface area contributed by atoms with Crippen LogP contribution in [0, 0.1) is 0 Å². The standard InChI is InChI=1S/C17H9F3N4O5/c18-17(19,20)13-5-6-23(21-13)8-9-7-12(22-28-9)16(27)29-24-14(25)10-3-1-2-4-11(10)15(24)26/h1-7H,8H2. The summed E-state index contributed by atoms with van der Waals surface area (Å²) in [6.07, 6.45) is -3.50. The van der Waals surface area contributed by atoms with Crippen molar-refractivity contribution >= 4 is 17.8 Å². The largest absolute Gasteiger partial charge is 0.435 e. The summed E-state index contributed by atoms with van der Waals surface area (Å²) in [7, 11) is 0. The highest BCUT2D eigenvalue weighted by Crippen LogP contribution is 2.27. The van der Waals surface area contributed by atoms with Crippen molar-refractivity contribution in [2.24, 2.45) is 0 Å². The predicted molar refractivity (Wildman–Crippen MR) is 85.2 cm³/mol. The first-order chi connectivity index (χ1) is 13.7. The quantitative estimate of drug-likeness (QED) is 0.612. The van der Waals surface area contributed by atoms with Crippen LogP contribution in [0.25, 0.3) is 0 Å². The zero-order chi connectivity index (χ0) is 20.8. The van der Waals surface area contributed by atoms with Crippen molar-refractivity contribution in [3.8, 4) is 0 Å². The van der Waals surface area contributed by atoms with Gasteiger partial charge in [-0.25, -0.2) is 4.79 Å². The van der Waals surface area contributed by atoms with Crippen molar-refractivity contribution < 1.29 is 36.9 Å². The van der Waals surface area contributed by atoms with Gasteiger partial charge in [-0.2, -0.15) is 18.3 Å². The Hall–Kier alpha value is -3.96. The Kier molecular flexibility index (Phi) is 4.18. The van der Waals surface area contributed by atoms with Crippen LogP contribution in [0.2, 0.25) is 0 Å². The summed E-state index contributed by atoms with van der Waals surface area (Å²) in [5, 5.41) is 7.10. The molecule has 9 nitrogen and oxygen atoms in total. The Bertz CT molecular complexity index is 1100. The molecule has 0 spiro atoms. The molecule has 0 saturated carbocycles. The number of hydroxylamine groups is 2. The summed E-state index contributed by atoms with van der Waals surface area (Å²) in [4.78, 5) is 41.4. The van der Waals surface area contributed by atoms with Gasteiger partial charge in [0.25, 0.3) is 11.8 Å². The second-order valence-corrected chi connectivity index (χ2v) is 5.90. The lowest BCUT2D eigenvalue weighted by Crippen LogP contribution is -2.32. The molecule has 1 aromatic carbocycles. The number of nitrogens with zero attached hydrogens (tertiary/aromatic N) is 4. The van der Waals surface area contributed by atoms with Crippen molar-refractivity contribution in [1.29, 1.82) is 0 Å². The van der Waals surface area contributed by atoms with Crippen molar-refractivity contribution in [3.63, 3.8) is 0 Å². The average molecular weight is 406 g/mol. The van der Waals surface area contributed by atoms with Crippen LogP contribution in [0.5, 0.6) is 0 Å². The second-order valence-electron chi connectivity index (χ2n) is 5.90. The van der Waals surface area contributed by atoms with Crippen molar-refractivity contribution in [3.05, 3.63) is 70.9 Å². The van der Waals surface area contributed by atoms with Gasteiger partial charge in [0.15, 0.2) is 17.1 Å². The monoisotopic (exact) mass is 406 g/mol. The number of imide groups is 1. The average Bonchev–Trinajstić information content (AvgIpc) is 3.39. The lowest BCUT2D eigenvalue weighted by Gasteiger charge is -2.10. The minimum absolute atomic E-state index is 0.0103. The summed E-state index contributed by atoms with van der Waals surface area (Å²) in [6.45, 7) is -0.233. The Balaban J connectivity index is 1.45. The van der Waals surface area contributed by atoms with Gasteiger partial charge in [0.05, 0.1) is 11.1 Å². The minimum Gasteiger partial charge on any atom is -0.359 e. The Morgan fingerprint density at radius 1 is 1.10 bits per heavy atom. The lowest BCUT2D eigenvalue weighted by atomic mass is 10.1. The highest BCUT2D eigenvalue weighted by Gasteiger charge is 2.39. The zero-order valence-electron chi connectivity index (χ0n) is 14.2. The summed E-state index contributed by atoms with van der Waals surface area (Å²) in [5.41, 5.74) is -1.28. The molecule has 148 valence electrons. The number of hydrogen-bond donors (Lipinski definition) is 0. The third-order valence-electron chi connectivity index (χ3n) is 3.95. The number of rotatable bonds is 4. The molecular weight excluding hydrogens is 397 g/mol. The molecule has 0 bridgehead atoms. The van der Waals surface area contributed by atoms with Crippen LogP contribution < -0.4 is 0 Å². The number of alkyl halides is 3. The van der Waals surface area contributed by atoms with Crippen LogP contribution in [0.3, 0.4) is 0 Å². The highest BCUT2D eigenvalue weighted by atomic mass is 19.4. The van der Waals surface area contributed by atoms with E-state index in [1.165, 1.54) is 12.1 Å². The normalized spacial score (nSPS) is 13.7. The van der Waals surface area contributed by atoms with E-state index in [2.05, 4.69) is 10.3 Å². The van der Waals surface area contributed by atoms with E-state index in [0.29, 0.717) is 5.06 Å². The fourth-order valence-electron chi connectivity index (χ4n) is 2.62. The minimum atomic E-state index is -4.59. The predicted octanol–water partition coefficient (Wildman–Crippen LogP) is 2.31. The maximum atomic E-state index is 12.6. The molecule has 0 radical (unpaired) electrons. The molecule has 2 amide bonds.